The number of aromatic carboxylic acids is 1. The zero-order chi connectivity index (χ0) is 24.9. The SMILES string of the molecule is C=C(c1ccc(C(=O)O)c(CC)c1)c1c(C)c(C)c2c(c1C)CCCC2(C)C.CCNCC.Cl. The Hall–Kier alpha value is -2.10. The zero-order valence-electron chi connectivity index (χ0n) is 22.4. The van der Waals surface area contributed by atoms with Gasteiger partial charge < -0.3 is 10.4 Å². The third-order valence-electron chi connectivity index (χ3n) is 7.21. The second-order valence-corrected chi connectivity index (χ2v) is 9.81. The maximum atomic E-state index is 11.5. The Morgan fingerprint density at radius 1 is 1.06 bits per heavy atom. The highest BCUT2D eigenvalue weighted by molar-refractivity contribution is 5.91. The Morgan fingerprint density at radius 3 is 2.18 bits per heavy atom. The molecule has 0 spiro atoms. The number of benzene rings is 2. The van der Waals surface area contributed by atoms with Gasteiger partial charge in [-0.05, 0) is 121 Å². The van der Waals surface area contributed by atoms with E-state index in [0.29, 0.717) is 12.0 Å². The van der Waals surface area contributed by atoms with Crippen LogP contribution in [0.5, 0.6) is 0 Å². The molecule has 3 nitrogen and oxygen atoms in total. The van der Waals surface area contributed by atoms with Crippen LogP contribution in [0.4, 0.5) is 0 Å². The van der Waals surface area contributed by atoms with Crippen LogP contribution in [-0.4, -0.2) is 24.2 Å². The molecule has 0 atom stereocenters. The molecule has 0 fully saturated rings. The minimum absolute atomic E-state index is 0. The Morgan fingerprint density at radius 2 is 1.68 bits per heavy atom. The maximum absolute atomic E-state index is 11.5. The highest BCUT2D eigenvalue weighted by Gasteiger charge is 2.32. The molecule has 1 aliphatic carbocycles. The summed E-state index contributed by atoms with van der Waals surface area (Å²) in [6.45, 7) is 24.3. The summed E-state index contributed by atoms with van der Waals surface area (Å²) in [7, 11) is 0. The summed E-state index contributed by atoms with van der Waals surface area (Å²) in [6.07, 6.45) is 4.28. The van der Waals surface area contributed by atoms with E-state index < -0.39 is 5.97 Å². The molecule has 0 saturated heterocycles. The minimum Gasteiger partial charge on any atom is -0.478 e. The van der Waals surface area contributed by atoms with E-state index in [1.165, 1.54) is 46.2 Å². The lowest BCUT2D eigenvalue weighted by molar-refractivity contribution is 0.0695. The van der Waals surface area contributed by atoms with E-state index in [0.717, 1.165) is 36.2 Å². The van der Waals surface area contributed by atoms with Crippen molar-refractivity contribution in [3.05, 3.63) is 74.8 Å². The fourth-order valence-electron chi connectivity index (χ4n) is 5.41. The van der Waals surface area contributed by atoms with Gasteiger partial charge in [0.05, 0.1) is 5.56 Å². The number of nitrogens with one attached hydrogen (secondary N) is 1. The molecular formula is C30H44ClNO2. The molecule has 0 heterocycles. The van der Waals surface area contributed by atoms with Crippen molar-refractivity contribution in [3.8, 4) is 0 Å². The summed E-state index contributed by atoms with van der Waals surface area (Å²) in [5.41, 5.74) is 11.8. The first-order valence-electron chi connectivity index (χ1n) is 12.4. The molecular weight excluding hydrogens is 442 g/mol. The lowest BCUT2D eigenvalue weighted by atomic mass is 9.67. The average Bonchev–Trinajstić information content (AvgIpc) is 2.77. The van der Waals surface area contributed by atoms with Crippen LogP contribution in [0.25, 0.3) is 5.57 Å². The number of hydrogen-bond donors (Lipinski definition) is 2. The molecule has 188 valence electrons. The van der Waals surface area contributed by atoms with Crippen molar-refractivity contribution >= 4 is 23.9 Å². The van der Waals surface area contributed by atoms with Crippen molar-refractivity contribution in [2.75, 3.05) is 13.1 Å². The molecule has 2 N–H and O–H groups in total. The monoisotopic (exact) mass is 485 g/mol. The topological polar surface area (TPSA) is 49.3 Å². The van der Waals surface area contributed by atoms with Gasteiger partial charge in [0, 0.05) is 0 Å². The van der Waals surface area contributed by atoms with Crippen LogP contribution in [-0.2, 0) is 18.3 Å². The van der Waals surface area contributed by atoms with Gasteiger partial charge in [-0.1, -0.05) is 53.3 Å². The summed E-state index contributed by atoms with van der Waals surface area (Å²) >= 11 is 0. The van der Waals surface area contributed by atoms with Crippen LogP contribution in [0, 0.1) is 20.8 Å². The van der Waals surface area contributed by atoms with Gasteiger partial charge in [0.1, 0.15) is 0 Å². The molecule has 2 aromatic rings. The molecule has 0 unspecified atom stereocenters. The van der Waals surface area contributed by atoms with Crippen molar-refractivity contribution < 1.29 is 9.90 Å². The number of carboxylic acids is 1. The molecule has 0 aromatic heterocycles. The smallest absolute Gasteiger partial charge is 0.335 e. The molecule has 0 bridgehead atoms. The van der Waals surface area contributed by atoms with E-state index in [1.807, 2.05) is 19.1 Å². The van der Waals surface area contributed by atoms with E-state index >= 15 is 0 Å². The molecule has 0 amide bonds. The van der Waals surface area contributed by atoms with Gasteiger partial charge in [-0.2, -0.15) is 0 Å². The second kappa shape index (κ2) is 12.6. The highest BCUT2D eigenvalue weighted by Crippen LogP contribution is 2.44. The van der Waals surface area contributed by atoms with Gasteiger partial charge in [0.2, 0.25) is 0 Å². The van der Waals surface area contributed by atoms with Gasteiger partial charge in [0.15, 0.2) is 0 Å². The summed E-state index contributed by atoms with van der Waals surface area (Å²) in [4.78, 5) is 11.5. The van der Waals surface area contributed by atoms with E-state index in [9.17, 15) is 9.90 Å². The van der Waals surface area contributed by atoms with Gasteiger partial charge in [-0.25, -0.2) is 4.79 Å². The standard InChI is InChI=1S/C26H32O2.C4H11N.ClH/c1-8-19-14-20(11-12-22(19)25(27)28)17(4)23-15(2)16(3)24-21(18(23)5)10-9-13-26(24,6)7;1-3-5-4-2;/h11-12,14H,4,8-10,13H2,1-3,5-7H3,(H,27,28);5H,3-4H2,1-2H3;1H. The van der Waals surface area contributed by atoms with Gasteiger partial charge in [0.25, 0.3) is 0 Å². The zero-order valence-corrected chi connectivity index (χ0v) is 23.3. The molecule has 0 radical (unpaired) electrons. The van der Waals surface area contributed by atoms with Crippen molar-refractivity contribution in [1.82, 2.24) is 5.32 Å². The number of carboxylic acid groups (broad SMARTS) is 1. The third kappa shape index (κ3) is 6.12. The summed E-state index contributed by atoms with van der Waals surface area (Å²) in [5, 5.41) is 12.5. The van der Waals surface area contributed by atoms with Crippen molar-refractivity contribution in [2.24, 2.45) is 0 Å². The first-order chi connectivity index (χ1) is 15.5. The fourth-order valence-corrected chi connectivity index (χ4v) is 5.41. The van der Waals surface area contributed by atoms with Crippen molar-refractivity contribution in [3.63, 3.8) is 0 Å². The Kier molecular flexibility index (Phi) is 11.1. The number of halogens is 1. The number of aryl methyl sites for hydroxylation is 1. The predicted molar refractivity (Wildman–Crippen MR) is 149 cm³/mol. The lowest BCUT2D eigenvalue weighted by Crippen LogP contribution is -2.27. The molecule has 0 aliphatic heterocycles. The van der Waals surface area contributed by atoms with Crippen LogP contribution in [0.15, 0.2) is 24.8 Å². The van der Waals surface area contributed by atoms with E-state index in [-0.39, 0.29) is 17.8 Å². The minimum atomic E-state index is -0.867. The Bertz CT molecular complexity index is 1030. The third-order valence-corrected chi connectivity index (χ3v) is 7.21. The molecule has 34 heavy (non-hydrogen) atoms. The maximum Gasteiger partial charge on any atom is 0.335 e. The first kappa shape index (κ1) is 29.9. The quantitative estimate of drug-likeness (QED) is 0.443. The summed E-state index contributed by atoms with van der Waals surface area (Å²) < 4.78 is 0. The normalized spacial score (nSPS) is 13.8. The molecule has 0 saturated carbocycles. The van der Waals surface area contributed by atoms with E-state index in [4.69, 9.17) is 0 Å². The number of fused-ring (bicyclic) bond motifs is 1. The average molecular weight is 486 g/mol. The lowest BCUT2D eigenvalue weighted by Gasteiger charge is -2.37. The van der Waals surface area contributed by atoms with E-state index in [2.05, 4.69) is 60.4 Å². The van der Waals surface area contributed by atoms with Crippen LogP contribution < -0.4 is 5.32 Å². The van der Waals surface area contributed by atoms with Gasteiger partial charge in [-0.15, -0.1) is 12.4 Å². The van der Waals surface area contributed by atoms with Crippen LogP contribution >= 0.6 is 12.4 Å². The Labute approximate surface area is 213 Å². The molecule has 2 aromatic carbocycles. The van der Waals surface area contributed by atoms with Crippen LogP contribution in [0.1, 0.15) is 102 Å². The fraction of sp³-hybridized carbons (Fsp3) is 0.500. The molecule has 4 heteroatoms. The summed E-state index contributed by atoms with van der Waals surface area (Å²) in [6, 6.07) is 5.63. The largest absolute Gasteiger partial charge is 0.478 e. The number of carbonyl (C=O) groups is 1. The summed E-state index contributed by atoms with van der Waals surface area (Å²) in [5.74, 6) is -0.867. The van der Waals surface area contributed by atoms with Gasteiger partial charge >= 0.3 is 5.97 Å². The number of hydrogen-bond acceptors (Lipinski definition) is 2. The second-order valence-electron chi connectivity index (χ2n) is 9.81. The predicted octanol–water partition coefficient (Wildman–Crippen LogP) is 7.59. The molecule has 1 aliphatic rings. The molecule has 3 rings (SSSR count). The van der Waals surface area contributed by atoms with Crippen molar-refractivity contribution in [1.29, 1.82) is 0 Å². The highest BCUT2D eigenvalue weighted by atomic mass is 35.5. The van der Waals surface area contributed by atoms with E-state index in [1.54, 1.807) is 6.07 Å². The van der Waals surface area contributed by atoms with Crippen LogP contribution in [0.3, 0.4) is 0 Å². The van der Waals surface area contributed by atoms with Crippen molar-refractivity contribution in [2.45, 2.75) is 86.5 Å². The van der Waals surface area contributed by atoms with Crippen LogP contribution in [0.2, 0.25) is 0 Å². The first-order valence-corrected chi connectivity index (χ1v) is 12.4. The number of rotatable bonds is 6. The van der Waals surface area contributed by atoms with Gasteiger partial charge in [-0.3, -0.25) is 0 Å². The Balaban J connectivity index is 0.000000873.